The van der Waals surface area contributed by atoms with Gasteiger partial charge < -0.3 is 10.1 Å². The third kappa shape index (κ3) is 5.18. The second-order valence-corrected chi connectivity index (χ2v) is 9.29. The molecule has 2 aromatic carbocycles. The van der Waals surface area contributed by atoms with Gasteiger partial charge in [0.25, 0.3) is 0 Å². The molecule has 1 unspecified atom stereocenters. The number of carbonyl (C=O) groups excluding carboxylic acids is 4. The smallest absolute Gasteiger partial charge is 0.328 e. The minimum absolute atomic E-state index is 0.0173. The fourth-order valence-corrected chi connectivity index (χ4v) is 4.54. The molecule has 2 N–H and O–H groups in total. The number of esters is 1. The Morgan fingerprint density at radius 1 is 0.970 bits per heavy atom. The molecule has 0 bridgehead atoms. The first kappa shape index (κ1) is 24.3. The number of amides is 1. The lowest BCUT2D eigenvalue weighted by Gasteiger charge is -2.18. The van der Waals surface area contributed by atoms with E-state index in [0.717, 1.165) is 12.5 Å². The Morgan fingerprint density at radius 2 is 1.58 bits per heavy atom. The molecule has 1 amide bonds. The van der Waals surface area contributed by atoms with Crippen LogP contribution in [0.5, 0.6) is 0 Å². The van der Waals surface area contributed by atoms with Crippen molar-refractivity contribution in [2.75, 3.05) is 13.7 Å². The third-order valence-electron chi connectivity index (χ3n) is 5.30. The summed E-state index contributed by atoms with van der Waals surface area (Å²) in [4.78, 5) is 49.3. The monoisotopic (exact) mass is 472 g/mol. The van der Waals surface area contributed by atoms with Crippen LogP contribution in [-0.4, -0.2) is 51.6 Å². The second-order valence-electron chi connectivity index (χ2n) is 7.52. The normalized spacial score (nSPS) is 13.6. The SMILES string of the molecule is CCCCC(NC(=O)CNS(=O)(=O)c1ccc2c(c1)C(=O)c1ccccc1C2=O)C(=O)OC. The van der Waals surface area contributed by atoms with Crippen LogP contribution in [0.1, 0.15) is 58.0 Å². The summed E-state index contributed by atoms with van der Waals surface area (Å²) < 4.78 is 32.3. The molecule has 2 aromatic rings. The van der Waals surface area contributed by atoms with Crippen LogP contribution in [0, 0.1) is 0 Å². The molecule has 0 saturated carbocycles. The fourth-order valence-electron chi connectivity index (χ4n) is 3.53. The number of carbonyl (C=O) groups is 4. The standard InChI is InChI=1S/C23H24N2O7S/c1-3-4-9-19(23(29)32-2)25-20(26)13-24-33(30,31)14-10-11-17-18(12-14)22(28)16-8-6-5-7-15(16)21(17)27/h5-8,10-12,19,24H,3-4,9,13H2,1-2H3,(H,25,26). The second kappa shape index (κ2) is 10.1. The van der Waals surface area contributed by atoms with E-state index in [1.54, 1.807) is 18.2 Å². The molecule has 3 rings (SSSR count). The number of hydrogen-bond donors (Lipinski definition) is 2. The highest BCUT2D eigenvalue weighted by atomic mass is 32.2. The Morgan fingerprint density at radius 3 is 2.18 bits per heavy atom. The number of hydrogen-bond acceptors (Lipinski definition) is 7. The van der Waals surface area contributed by atoms with Crippen molar-refractivity contribution in [2.24, 2.45) is 0 Å². The molecule has 9 nitrogen and oxygen atoms in total. The van der Waals surface area contributed by atoms with E-state index >= 15 is 0 Å². The fraction of sp³-hybridized carbons (Fsp3) is 0.304. The number of fused-ring (bicyclic) bond motifs is 2. The molecule has 0 radical (unpaired) electrons. The predicted octanol–water partition coefficient (Wildman–Crippen LogP) is 1.59. The molecule has 33 heavy (non-hydrogen) atoms. The maximum Gasteiger partial charge on any atom is 0.328 e. The summed E-state index contributed by atoms with van der Waals surface area (Å²) in [5.74, 6) is -2.13. The van der Waals surface area contributed by atoms with Gasteiger partial charge in [-0.2, -0.15) is 0 Å². The van der Waals surface area contributed by atoms with Crippen molar-refractivity contribution in [3.8, 4) is 0 Å². The third-order valence-corrected chi connectivity index (χ3v) is 6.70. The van der Waals surface area contributed by atoms with Crippen LogP contribution in [0.3, 0.4) is 0 Å². The first-order valence-electron chi connectivity index (χ1n) is 10.4. The maximum absolute atomic E-state index is 12.8. The summed E-state index contributed by atoms with van der Waals surface area (Å²) in [6.07, 6.45) is 1.85. The van der Waals surface area contributed by atoms with Gasteiger partial charge in [0.1, 0.15) is 6.04 Å². The molecule has 0 aromatic heterocycles. The maximum atomic E-state index is 12.8. The molecule has 0 saturated heterocycles. The zero-order valence-electron chi connectivity index (χ0n) is 18.2. The van der Waals surface area contributed by atoms with Gasteiger partial charge in [-0.3, -0.25) is 14.4 Å². The van der Waals surface area contributed by atoms with Crippen molar-refractivity contribution in [1.82, 2.24) is 10.0 Å². The van der Waals surface area contributed by atoms with Crippen LogP contribution in [0.15, 0.2) is 47.4 Å². The topological polar surface area (TPSA) is 136 Å². The van der Waals surface area contributed by atoms with Gasteiger partial charge in [0.2, 0.25) is 15.9 Å². The van der Waals surface area contributed by atoms with Gasteiger partial charge in [0, 0.05) is 22.3 Å². The van der Waals surface area contributed by atoms with Gasteiger partial charge in [0.15, 0.2) is 11.6 Å². The van der Waals surface area contributed by atoms with E-state index in [0.29, 0.717) is 12.8 Å². The summed E-state index contributed by atoms with van der Waals surface area (Å²) in [7, 11) is -2.97. The molecule has 0 aliphatic heterocycles. The lowest BCUT2D eigenvalue weighted by atomic mass is 9.84. The molecule has 0 spiro atoms. The van der Waals surface area contributed by atoms with Crippen LogP contribution in [0.2, 0.25) is 0 Å². The molecule has 174 valence electrons. The molecule has 1 aliphatic carbocycles. The van der Waals surface area contributed by atoms with Gasteiger partial charge in [-0.05, 0) is 24.6 Å². The number of sulfonamides is 1. The van der Waals surface area contributed by atoms with Crippen LogP contribution < -0.4 is 10.0 Å². The van der Waals surface area contributed by atoms with Crippen LogP contribution in [-0.2, 0) is 24.3 Å². The van der Waals surface area contributed by atoms with Crippen LogP contribution in [0.4, 0.5) is 0 Å². The first-order valence-corrected chi connectivity index (χ1v) is 11.9. The van der Waals surface area contributed by atoms with E-state index in [1.165, 1.54) is 25.3 Å². The Hall–Kier alpha value is -3.37. The van der Waals surface area contributed by atoms with Gasteiger partial charge >= 0.3 is 5.97 Å². The highest BCUT2D eigenvalue weighted by Gasteiger charge is 2.31. The lowest BCUT2D eigenvalue weighted by molar-refractivity contribution is -0.145. The number of unbranched alkanes of at least 4 members (excludes halogenated alkanes) is 1. The van der Waals surface area contributed by atoms with Crippen LogP contribution in [0.25, 0.3) is 0 Å². The van der Waals surface area contributed by atoms with Crippen molar-refractivity contribution >= 4 is 33.5 Å². The number of benzene rings is 2. The molecule has 1 atom stereocenters. The van der Waals surface area contributed by atoms with Gasteiger partial charge in [-0.15, -0.1) is 0 Å². The van der Waals surface area contributed by atoms with Gasteiger partial charge in [-0.1, -0.05) is 44.0 Å². The number of nitrogens with one attached hydrogen (secondary N) is 2. The highest BCUT2D eigenvalue weighted by Crippen LogP contribution is 2.28. The molecule has 0 fully saturated rings. The van der Waals surface area contributed by atoms with Crippen LogP contribution >= 0.6 is 0 Å². The molecule has 1 aliphatic rings. The molecule has 0 heterocycles. The van der Waals surface area contributed by atoms with Crippen molar-refractivity contribution < 1.29 is 32.3 Å². The predicted molar refractivity (Wildman–Crippen MR) is 118 cm³/mol. The number of methoxy groups -OCH3 is 1. The summed E-state index contributed by atoms with van der Waals surface area (Å²) >= 11 is 0. The quantitative estimate of drug-likeness (QED) is 0.451. The van der Waals surface area contributed by atoms with Crippen molar-refractivity contribution in [3.63, 3.8) is 0 Å². The minimum atomic E-state index is -4.18. The molecular weight excluding hydrogens is 448 g/mol. The van der Waals surface area contributed by atoms with Crippen molar-refractivity contribution in [1.29, 1.82) is 0 Å². The lowest BCUT2D eigenvalue weighted by Crippen LogP contribution is -2.45. The summed E-state index contributed by atoms with van der Waals surface area (Å²) in [5.41, 5.74) is 0.574. The number of ether oxygens (including phenoxy) is 1. The summed E-state index contributed by atoms with van der Waals surface area (Å²) in [6.45, 7) is 1.31. The van der Waals surface area contributed by atoms with E-state index in [2.05, 4.69) is 14.8 Å². The van der Waals surface area contributed by atoms with Crippen molar-refractivity contribution in [3.05, 3.63) is 64.7 Å². The Bertz CT molecular complexity index is 1220. The zero-order chi connectivity index (χ0) is 24.2. The summed E-state index contributed by atoms with van der Waals surface area (Å²) in [6, 6.07) is 9.08. The number of rotatable bonds is 9. The zero-order valence-corrected chi connectivity index (χ0v) is 19.0. The largest absolute Gasteiger partial charge is 0.467 e. The van der Waals surface area contributed by atoms with E-state index < -0.39 is 40.3 Å². The van der Waals surface area contributed by atoms with Gasteiger partial charge in [-0.25, -0.2) is 17.9 Å². The Kier molecular flexibility index (Phi) is 7.39. The molecule has 10 heteroatoms. The average molecular weight is 473 g/mol. The summed E-state index contributed by atoms with van der Waals surface area (Å²) in [5, 5.41) is 2.46. The minimum Gasteiger partial charge on any atom is -0.467 e. The first-order chi connectivity index (χ1) is 15.7. The van der Waals surface area contributed by atoms with E-state index in [1.807, 2.05) is 6.92 Å². The average Bonchev–Trinajstić information content (AvgIpc) is 2.83. The highest BCUT2D eigenvalue weighted by molar-refractivity contribution is 7.89. The molecular formula is C23H24N2O7S. The Balaban J connectivity index is 1.75. The van der Waals surface area contributed by atoms with Gasteiger partial charge in [0.05, 0.1) is 18.6 Å². The van der Waals surface area contributed by atoms with E-state index in [9.17, 15) is 27.6 Å². The Labute approximate surface area is 191 Å². The van der Waals surface area contributed by atoms with E-state index in [-0.39, 0.29) is 32.9 Å². The number of ketones is 2. The van der Waals surface area contributed by atoms with E-state index in [4.69, 9.17) is 0 Å². The van der Waals surface area contributed by atoms with Crippen molar-refractivity contribution in [2.45, 2.75) is 37.1 Å².